The van der Waals surface area contributed by atoms with Gasteiger partial charge in [0.25, 0.3) is 5.56 Å². The zero-order chi connectivity index (χ0) is 17.0. The van der Waals surface area contributed by atoms with Crippen LogP contribution in [0, 0.1) is 0 Å². The van der Waals surface area contributed by atoms with E-state index in [0.29, 0.717) is 16.5 Å². The number of hydrogen-bond acceptors (Lipinski definition) is 4. The lowest BCUT2D eigenvalue weighted by Gasteiger charge is -2.20. The van der Waals surface area contributed by atoms with Gasteiger partial charge in [-0.3, -0.25) is 14.4 Å². The van der Waals surface area contributed by atoms with Crippen molar-refractivity contribution in [3.63, 3.8) is 0 Å². The predicted octanol–water partition coefficient (Wildman–Crippen LogP) is 0.497. The molecule has 1 heterocycles. The summed E-state index contributed by atoms with van der Waals surface area (Å²) in [6, 6.07) is 6.94. The second-order valence-electron chi connectivity index (χ2n) is 6.30. The van der Waals surface area contributed by atoms with Gasteiger partial charge in [0, 0.05) is 10.9 Å². The highest BCUT2D eigenvalue weighted by Crippen LogP contribution is 2.12. The maximum absolute atomic E-state index is 12.0. The van der Waals surface area contributed by atoms with Gasteiger partial charge in [0.05, 0.1) is 24.0 Å². The molecule has 1 aromatic heterocycles. The standard InChI is InChI=1S/C16H20N4O3/c1-16(2,3)18-14(22)9-17-13(21)8-12-10-6-4-5-7-11(10)15(23)20-19-12/h4-7H,8-9H2,1-3H3,(H,17,21)(H,18,22)(H,20,23). The summed E-state index contributed by atoms with van der Waals surface area (Å²) >= 11 is 0. The first-order valence-corrected chi connectivity index (χ1v) is 7.30. The minimum absolute atomic E-state index is 0.0138. The molecule has 0 fully saturated rings. The van der Waals surface area contributed by atoms with Crippen molar-refractivity contribution in [3.8, 4) is 0 Å². The number of carbonyl (C=O) groups is 2. The van der Waals surface area contributed by atoms with E-state index in [1.54, 1.807) is 24.3 Å². The molecule has 23 heavy (non-hydrogen) atoms. The van der Waals surface area contributed by atoms with Gasteiger partial charge in [0.15, 0.2) is 0 Å². The fourth-order valence-electron chi connectivity index (χ4n) is 2.16. The molecule has 7 nitrogen and oxygen atoms in total. The van der Waals surface area contributed by atoms with Crippen LogP contribution in [0.2, 0.25) is 0 Å². The molecule has 3 N–H and O–H groups in total. The van der Waals surface area contributed by atoms with Crippen molar-refractivity contribution in [1.82, 2.24) is 20.8 Å². The minimum Gasteiger partial charge on any atom is -0.350 e. The van der Waals surface area contributed by atoms with Crippen LogP contribution in [0.5, 0.6) is 0 Å². The van der Waals surface area contributed by atoms with Gasteiger partial charge in [-0.1, -0.05) is 18.2 Å². The van der Waals surface area contributed by atoms with E-state index >= 15 is 0 Å². The number of carbonyl (C=O) groups excluding carboxylic acids is 2. The predicted molar refractivity (Wildman–Crippen MR) is 87.0 cm³/mol. The van der Waals surface area contributed by atoms with Crippen molar-refractivity contribution in [2.45, 2.75) is 32.7 Å². The molecule has 2 amide bonds. The first-order valence-electron chi connectivity index (χ1n) is 7.30. The van der Waals surface area contributed by atoms with E-state index in [1.807, 2.05) is 20.8 Å². The van der Waals surface area contributed by atoms with Crippen LogP contribution >= 0.6 is 0 Å². The highest BCUT2D eigenvalue weighted by Gasteiger charge is 2.15. The van der Waals surface area contributed by atoms with Gasteiger partial charge in [-0.25, -0.2) is 5.10 Å². The third kappa shape index (κ3) is 4.64. The lowest BCUT2D eigenvalue weighted by molar-refractivity contribution is -0.126. The van der Waals surface area contributed by atoms with E-state index in [9.17, 15) is 14.4 Å². The molecular formula is C16H20N4O3. The summed E-state index contributed by atoms with van der Waals surface area (Å²) in [5, 5.41) is 12.7. The molecule has 0 saturated carbocycles. The molecule has 0 unspecified atom stereocenters. The van der Waals surface area contributed by atoms with Crippen LogP contribution < -0.4 is 16.2 Å². The lowest BCUT2D eigenvalue weighted by atomic mass is 10.1. The molecule has 0 atom stereocenters. The van der Waals surface area contributed by atoms with Crippen LogP contribution in [0.15, 0.2) is 29.1 Å². The van der Waals surface area contributed by atoms with Crippen LogP contribution in [0.3, 0.4) is 0 Å². The quantitative estimate of drug-likeness (QED) is 0.764. The summed E-state index contributed by atoms with van der Waals surface area (Å²) < 4.78 is 0. The lowest BCUT2D eigenvalue weighted by Crippen LogP contribution is -2.46. The fourth-order valence-corrected chi connectivity index (χ4v) is 2.16. The van der Waals surface area contributed by atoms with E-state index in [0.717, 1.165) is 0 Å². The molecule has 0 aliphatic rings. The SMILES string of the molecule is CC(C)(C)NC(=O)CNC(=O)Cc1n[nH]c(=O)c2ccccc12. The van der Waals surface area contributed by atoms with Crippen molar-refractivity contribution < 1.29 is 9.59 Å². The van der Waals surface area contributed by atoms with Crippen molar-refractivity contribution in [2.24, 2.45) is 0 Å². The smallest absolute Gasteiger partial charge is 0.272 e. The largest absolute Gasteiger partial charge is 0.350 e. The normalized spacial score (nSPS) is 11.3. The third-order valence-electron chi connectivity index (χ3n) is 3.06. The summed E-state index contributed by atoms with van der Waals surface area (Å²) in [6.45, 7) is 5.49. The topological polar surface area (TPSA) is 104 Å². The average molecular weight is 316 g/mol. The van der Waals surface area contributed by atoms with Gasteiger partial charge in [-0.05, 0) is 26.8 Å². The Balaban J connectivity index is 2.03. The molecule has 2 rings (SSSR count). The molecule has 0 aliphatic heterocycles. The third-order valence-corrected chi connectivity index (χ3v) is 3.06. The molecule has 122 valence electrons. The first-order chi connectivity index (χ1) is 10.8. The number of aromatic nitrogens is 2. The van der Waals surface area contributed by atoms with E-state index in [1.165, 1.54) is 0 Å². The zero-order valence-corrected chi connectivity index (χ0v) is 13.4. The summed E-state index contributed by atoms with van der Waals surface area (Å²) in [7, 11) is 0. The van der Waals surface area contributed by atoms with Crippen LogP contribution in [-0.2, 0) is 16.0 Å². The molecule has 0 bridgehead atoms. The van der Waals surface area contributed by atoms with Crippen LogP contribution in [0.1, 0.15) is 26.5 Å². The monoisotopic (exact) mass is 316 g/mol. The molecule has 0 aliphatic carbocycles. The zero-order valence-electron chi connectivity index (χ0n) is 13.4. The second kappa shape index (κ2) is 6.60. The van der Waals surface area contributed by atoms with Gasteiger partial charge < -0.3 is 10.6 Å². The van der Waals surface area contributed by atoms with E-state index < -0.39 is 0 Å². The van der Waals surface area contributed by atoms with E-state index in [-0.39, 0.29) is 35.9 Å². The molecule has 1 aromatic carbocycles. The number of hydrogen-bond donors (Lipinski definition) is 3. The van der Waals surface area contributed by atoms with Crippen LogP contribution in [-0.4, -0.2) is 34.1 Å². The Labute approximate surface area is 133 Å². The Bertz CT molecular complexity index is 790. The molecule has 0 spiro atoms. The van der Waals surface area contributed by atoms with Crippen LogP contribution in [0.4, 0.5) is 0 Å². The molecule has 2 aromatic rings. The van der Waals surface area contributed by atoms with Gasteiger partial charge in [0.2, 0.25) is 11.8 Å². The van der Waals surface area contributed by atoms with Gasteiger partial charge >= 0.3 is 0 Å². The van der Waals surface area contributed by atoms with E-state index in [4.69, 9.17) is 0 Å². The number of rotatable bonds is 4. The molecule has 0 radical (unpaired) electrons. The Kier molecular flexibility index (Phi) is 4.78. The highest BCUT2D eigenvalue weighted by molar-refractivity contribution is 5.90. The number of nitrogens with one attached hydrogen (secondary N) is 3. The van der Waals surface area contributed by atoms with Crippen molar-refractivity contribution in [3.05, 3.63) is 40.3 Å². The minimum atomic E-state index is -0.349. The first kappa shape index (κ1) is 16.7. The highest BCUT2D eigenvalue weighted by atomic mass is 16.2. The van der Waals surface area contributed by atoms with Crippen molar-refractivity contribution in [2.75, 3.05) is 6.54 Å². The molecule has 7 heteroatoms. The number of fused-ring (bicyclic) bond motifs is 1. The Morgan fingerprint density at radius 3 is 2.43 bits per heavy atom. The Hall–Kier alpha value is -2.70. The summed E-state index contributed by atoms with van der Waals surface area (Å²) in [5.41, 5.74) is -0.179. The maximum atomic E-state index is 12.0. The average Bonchev–Trinajstić information content (AvgIpc) is 2.47. The van der Waals surface area contributed by atoms with Crippen molar-refractivity contribution in [1.29, 1.82) is 0 Å². The van der Waals surface area contributed by atoms with E-state index in [2.05, 4.69) is 20.8 Å². The fraction of sp³-hybridized carbons (Fsp3) is 0.375. The molecule has 0 saturated heterocycles. The number of benzene rings is 1. The number of H-pyrrole nitrogens is 1. The Morgan fingerprint density at radius 1 is 1.13 bits per heavy atom. The maximum Gasteiger partial charge on any atom is 0.272 e. The second-order valence-corrected chi connectivity index (χ2v) is 6.30. The summed E-state index contributed by atoms with van der Waals surface area (Å²) in [6.07, 6.45) is -0.0138. The number of amides is 2. The summed E-state index contributed by atoms with van der Waals surface area (Å²) in [5.74, 6) is -0.594. The Morgan fingerprint density at radius 2 is 1.78 bits per heavy atom. The number of aromatic amines is 1. The summed E-state index contributed by atoms with van der Waals surface area (Å²) in [4.78, 5) is 35.4. The van der Waals surface area contributed by atoms with Gasteiger partial charge in [-0.2, -0.15) is 5.10 Å². The molecular weight excluding hydrogens is 296 g/mol. The van der Waals surface area contributed by atoms with Gasteiger partial charge in [0.1, 0.15) is 0 Å². The van der Waals surface area contributed by atoms with Crippen molar-refractivity contribution >= 4 is 22.6 Å². The van der Waals surface area contributed by atoms with Gasteiger partial charge in [-0.15, -0.1) is 0 Å². The number of nitrogens with zero attached hydrogens (tertiary/aromatic N) is 1. The van der Waals surface area contributed by atoms with Crippen LogP contribution in [0.25, 0.3) is 10.8 Å².